The van der Waals surface area contributed by atoms with Crippen LogP contribution in [0.15, 0.2) is 58.3 Å². The summed E-state index contributed by atoms with van der Waals surface area (Å²) in [5.41, 5.74) is 0. The quantitative estimate of drug-likeness (QED) is 0.724. The third kappa shape index (κ3) is 3.97. The van der Waals surface area contributed by atoms with E-state index in [1.54, 1.807) is 30.3 Å². The Bertz CT molecular complexity index is 1030. The number of halogens is 1. The van der Waals surface area contributed by atoms with Crippen LogP contribution in [-0.4, -0.2) is 58.7 Å². The van der Waals surface area contributed by atoms with Gasteiger partial charge >= 0.3 is 0 Å². The van der Waals surface area contributed by atoms with Gasteiger partial charge < -0.3 is 4.74 Å². The Labute approximate surface area is 164 Å². The molecule has 3 rings (SSSR count). The van der Waals surface area contributed by atoms with Crippen LogP contribution in [0.3, 0.4) is 0 Å². The van der Waals surface area contributed by atoms with E-state index in [0.29, 0.717) is 5.02 Å². The van der Waals surface area contributed by atoms with Gasteiger partial charge in [-0.25, -0.2) is 16.8 Å². The number of para-hydroxylation sites is 1. The van der Waals surface area contributed by atoms with Crippen molar-refractivity contribution in [2.75, 3.05) is 33.3 Å². The van der Waals surface area contributed by atoms with E-state index < -0.39 is 20.0 Å². The van der Waals surface area contributed by atoms with Crippen LogP contribution in [0.1, 0.15) is 0 Å². The molecule has 2 aromatic carbocycles. The fraction of sp³-hybridized carbons (Fsp3) is 0.294. The average Bonchev–Trinajstić information content (AvgIpc) is 2.68. The first-order valence-electron chi connectivity index (χ1n) is 8.16. The SMILES string of the molecule is COc1ccccc1S(=O)(=O)N1CCN(S(=O)(=O)c2cccc(Cl)c2)CC1. The fourth-order valence-corrected chi connectivity index (χ4v) is 6.20. The number of benzene rings is 2. The van der Waals surface area contributed by atoms with Crippen molar-refractivity contribution in [3.8, 4) is 5.75 Å². The van der Waals surface area contributed by atoms with Gasteiger partial charge in [0.05, 0.1) is 12.0 Å². The highest BCUT2D eigenvalue weighted by molar-refractivity contribution is 7.89. The second kappa shape index (κ2) is 7.76. The van der Waals surface area contributed by atoms with Crippen molar-refractivity contribution in [2.24, 2.45) is 0 Å². The fourth-order valence-electron chi connectivity index (χ4n) is 2.90. The van der Waals surface area contributed by atoms with E-state index in [-0.39, 0.29) is 41.7 Å². The Morgan fingerprint density at radius 1 is 0.852 bits per heavy atom. The Balaban J connectivity index is 1.79. The molecule has 0 spiro atoms. The Morgan fingerprint density at radius 3 is 2.04 bits per heavy atom. The monoisotopic (exact) mass is 430 g/mol. The molecule has 0 atom stereocenters. The van der Waals surface area contributed by atoms with Gasteiger partial charge in [-0.2, -0.15) is 8.61 Å². The summed E-state index contributed by atoms with van der Waals surface area (Å²) < 4.78 is 59.0. The second-order valence-electron chi connectivity index (χ2n) is 5.92. The molecule has 0 saturated carbocycles. The van der Waals surface area contributed by atoms with Crippen LogP contribution in [0.2, 0.25) is 5.02 Å². The van der Waals surface area contributed by atoms with Gasteiger partial charge in [-0.1, -0.05) is 29.8 Å². The molecular weight excluding hydrogens is 412 g/mol. The van der Waals surface area contributed by atoms with Crippen LogP contribution >= 0.6 is 11.6 Å². The molecule has 146 valence electrons. The summed E-state index contributed by atoms with van der Waals surface area (Å²) in [7, 11) is -6.10. The minimum atomic E-state index is -3.78. The Hall–Kier alpha value is -1.65. The van der Waals surface area contributed by atoms with Crippen LogP contribution in [0.25, 0.3) is 0 Å². The number of ether oxygens (including phenoxy) is 1. The van der Waals surface area contributed by atoms with E-state index in [4.69, 9.17) is 16.3 Å². The zero-order valence-electron chi connectivity index (χ0n) is 14.6. The standard InChI is InChI=1S/C17H19ClN2O5S2/c1-25-16-7-2-3-8-17(16)27(23,24)20-11-9-19(10-12-20)26(21,22)15-6-4-5-14(18)13-15/h2-8,13H,9-12H2,1H3. The summed E-state index contributed by atoms with van der Waals surface area (Å²) in [4.78, 5) is 0.162. The van der Waals surface area contributed by atoms with Crippen LogP contribution in [0, 0.1) is 0 Å². The van der Waals surface area contributed by atoms with Gasteiger partial charge in [0.2, 0.25) is 20.0 Å². The van der Waals surface area contributed by atoms with Crippen molar-refractivity contribution in [3.05, 3.63) is 53.6 Å². The van der Waals surface area contributed by atoms with E-state index in [9.17, 15) is 16.8 Å². The number of methoxy groups -OCH3 is 1. The van der Waals surface area contributed by atoms with Crippen molar-refractivity contribution in [1.82, 2.24) is 8.61 Å². The predicted octanol–water partition coefficient (Wildman–Crippen LogP) is 2.04. The van der Waals surface area contributed by atoms with Crippen molar-refractivity contribution >= 4 is 31.6 Å². The zero-order valence-corrected chi connectivity index (χ0v) is 17.0. The molecule has 1 saturated heterocycles. The highest BCUT2D eigenvalue weighted by Crippen LogP contribution is 2.28. The summed E-state index contributed by atoms with van der Waals surface area (Å²) in [6.45, 7) is 0.229. The lowest BCUT2D eigenvalue weighted by Gasteiger charge is -2.33. The van der Waals surface area contributed by atoms with E-state index in [1.165, 1.54) is 33.9 Å². The first-order chi connectivity index (χ1) is 12.8. The van der Waals surface area contributed by atoms with Gasteiger partial charge in [0.25, 0.3) is 0 Å². The molecule has 0 aliphatic carbocycles. The molecule has 0 aromatic heterocycles. The van der Waals surface area contributed by atoms with Crippen LogP contribution < -0.4 is 4.74 Å². The molecule has 1 fully saturated rings. The molecule has 2 aromatic rings. The Kier molecular flexibility index (Phi) is 5.78. The molecule has 1 heterocycles. The molecule has 0 N–H and O–H groups in total. The number of rotatable bonds is 5. The van der Waals surface area contributed by atoms with E-state index >= 15 is 0 Å². The molecule has 0 radical (unpaired) electrons. The van der Waals surface area contributed by atoms with Crippen LogP contribution in [0.5, 0.6) is 5.75 Å². The van der Waals surface area contributed by atoms with E-state index in [0.717, 1.165) is 0 Å². The highest BCUT2D eigenvalue weighted by atomic mass is 35.5. The molecule has 1 aliphatic rings. The lowest BCUT2D eigenvalue weighted by Crippen LogP contribution is -2.50. The molecule has 0 unspecified atom stereocenters. The van der Waals surface area contributed by atoms with Gasteiger partial charge in [0.15, 0.2) is 0 Å². The molecule has 0 amide bonds. The predicted molar refractivity (Wildman–Crippen MR) is 102 cm³/mol. The van der Waals surface area contributed by atoms with Crippen molar-refractivity contribution < 1.29 is 21.6 Å². The Morgan fingerprint density at radius 2 is 1.44 bits per heavy atom. The van der Waals surface area contributed by atoms with E-state index in [2.05, 4.69) is 0 Å². The minimum absolute atomic E-state index is 0.0557. The van der Waals surface area contributed by atoms with Crippen LogP contribution in [0.4, 0.5) is 0 Å². The lowest BCUT2D eigenvalue weighted by atomic mass is 10.3. The van der Waals surface area contributed by atoms with Crippen molar-refractivity contribution in [2.45, 2.75) is 9.79 Å². The summed E-state index contributed by atoms with van der Waals surface area (Å²) in [5.74, 6) is 0.256. The first kappa shape index (κ1) is 20.1. The average molecular weight is 431 g/mol. The van der Waals surface area contributed by atoms with Crippen LogP contribution in [-0.2, 0) is 20.0 Å². The molecule has 10 heteroatoms. The summed E-state index contributed by atoms with van der Waals surface area (Å²) in [6.07, 6.45) is 0. The van der Waals surface area contributed by atoms with E-state index in [1.807, 2.05) is 0 Å². The van der Waals surface area contributed by atoms with Gasteiger partial charge in [-0.15, -0.1) is 0 Å². The topological polar surface area (TPSA) is 84.0 Å². The number of hydrogen-bond acceptors (Lipinski definition) is 5. The molecule has 7 nitrogen and oxygen atoms in total. The minimum Gasteiger partial charge on any atom is -0.495 e. The first-order valence-corrected chi connectivity index (χ1v) is 11.4. The molecule has 1 aliphatic heterocycles. The summed E-state index contributed by atoms with van der Waals surface area (Å²) in [5, 5.41) is 0.327. The third-order valence-electron chi connectivity index (χ3n) is 4.32. The zero-order chi connectivity index (χ0) is 19.7. The molecule has 0 bridgehead atoms. The van der Waals surface area contributed by atoms with Gasteiger partial charge in [0.1, 0.15) is 10.6 Å². The van der Waals surface area contributed by atoms with Crippen molar-refractivity contribution in [3.63, 3.8) is 0 Å². The highest BCUT2D eigenvalue weighted by Gasteiger charge is 2.34. The number of hydrogen-bond donors (Lipinski definition) is 0. The van der Waals surface area contributed by atoms with Gasteiger partial charge in [-0.3, -0.25) is 0 Å². The number of nitrogens with zero attached hydrogens (tertiary/aromatic N) is 2. The molecular formula is C17H19ClN2O5S2. The number of sulfonamides is 2. The largest absolute Gasteiger partial charge is 0.495 e. The van der Waals surface area contributed by atoms with Crippen molar-refractivity contribution in [1.29, 1.82) is 0 Å². The van der Waals surface area contributed by atoms with Gasteiger partial charge in [0, 0.05) is 31.2 Å². The summed E-state index contributed by atoms with van der Waals surface area (Å²) in [6, 6.07) is 12.4. The maximum atomic E-state index is 12.9. The third-order valence-corrected chi connectivity index (χ3v) is 8.39. The normalized spacial score (nSPS) is 17.0. The maximum absolute atomic E-state index is 12.9. The van der Waals surface area contributed by atoms with Gasteiger partial charge in [-0.05, 0) is 30.3 Å². The molecule has 27 heavy (non-hydrogen) atoms. The number of piperazine rings is 1. The summed E-state index contributed by atoms with van der Waals surface area (Å²) >= 11 is 5.89. The smallest absolute Gasteiger partial charge is 0.246 e. The lowest BCUT2D eigenvalue weighted by molar-refractivity contribution is 0.272. The maximum Gasteiger partial charge on any atom is 0.246 e. The second-order valence-corrected chi connectivity index (χ2v) is 10.2.